The Hall–Kier alpha value is -2.77. The molecule has 0 aromatic heterocycles. The predicted molar refractivity (Wildman–Crippen MR) is 98.7 cm³/mol. The number of nitrogens with one attached hydrogen (secondary N) is 3. The van der Waals surface area contributed by atoms with Gasteiger partial charge in [0.2, 0.25) is 5.91 Å². The highest BCUT2D eigenvalue weighted by Gasteiger charge is 2.36. The summed E-state index contributed by atoms with van der Waals surface area (Å²) in [6.07, 6.45) is 3.71. The van der Waals surface area contributed by atoms with E-state index >= 15 is 0 Å². The van der Waals surface area contributed by atoms with E-state index < -0.39 is 0 Å². The molecule has 1 aromatic carbocycles. The van der Waals surface area contributed by atoms with E-state index in [1.807, 2.05) is 0 Å². The van der Waals surface area contributed by atoms with Gasteiger partial charge in [-0.1, -0.05) is 0 Å². The molecule has 144 valence electrons. The minimum Gasteiger partial charge on any atom is -0.495 e. The van der Waals surface area contributed by atoms with E-state index in [0.29, 0.717) is 30.1 Å². The van der Waals surface area contributed by atoms with E-state index in [1.165, 1.54) is 7.11 Å². The quantitative estimate of drug-likeness (QED) is 0.742. The Morgan fingerprint density at radius 1 is 1.19 bits per heavy atom. The molecule has 1 aliphatic carbocycles. The number of carbonyl (C=O) groups excluding carboxylic acids is 3. The number of hydrogen-bond donors (Lipinski definition) is 3. The van der Waals surface area contributed by atoms with E-state index in [0.717, 1.165) is 25.7 Å². The van der Waals surface area contributed by atoms with Gasteiger partial charge >= 0.3 is 6.03 Å². The number of amides is 4. The minimum atomic E-state index is -0.290. The van der Waals surface area contributed by atoms with Gasteiger partial charge in [-0.15, -0.1) is 0 Å². The fourth-order valence-corrected chi connectivity index (χ4v) is 3.65. The maximum Gasteiger partial charge on any atom is 0.322 e. The van der Waals surface area contributed by atoms with Crippen LogP contribution in [0.2, 0.25) is 0 Å². The van der Waals surface area contributed by atoms with Crippen LogP contribution in [-0.2, 0) is 4.79 Å². The number of piperidine rings is 1. The summed E-state index contributed by atoms with van der Waals surface area (Å²) in [7, 11) is 1.52. The molecular weight excluding hydrogens is 348 g/mol. The molecule has 3 saturated heterocycles. The number of ether oxygens (including phenoxy) is 1. The van der Waals surface area contributed by atoms with Crippen molar-refractivity contribution in [2.45, 2.75) is 37.8 Å². The molecule has 3 aliphatic heterocycles. The van der Waals surface area contributed by atoms with Crippen molar-refractivity contribution in [3.63, 3.8) is 0 Å². The van der Waals surface area contributed by atoms with Crippen LogP contribution in [-0.4, -0.2) is 55.0 Å². The topological polar surface area (TPSA) is 99.8 Å². The number of carbonyl (C=O) groups is 3. The fourth-order valence-electron chi connectivity index (χ4n) is 3.65. The first-order valence-electron chi connectivity index (χ1n) is 9.38. The van der Waals surface area contributed by atoms with E-state index in [1.54, 1.807) is 23.1 Å². The summed E-state index contributed by atoms with van der Waals surface area (Å²) >= 11 is 0. The van der Waals surface area contributed by atoms with Gasteiger partial charge in [-0.2, -0.15) is 0 Å². The van der Waals surface area contributed by atoms with Crippen molar-refractivity contribution >= 4 is 23.5 Å². The van der Waals surface area contributed by atoms with Crippen molar-refractivity contribution in [1.82, 2.24) is 15.5 Å². The van der Waals surface area contributed by atoms with Crippen LogP contribution in [0.3, 0.4) is 0 Å². The molecule has 3 heterocycles. The third-order valence-electron chi connectivity index (χ3n) is 5.37. The third-order valence-corrected chi connectivity index (χ3v) is 5.37. The van der Waals surface area contributed by atoms with Gasteiger partial charge in [-0.05, 0) is 43.9 Å². The Morgan fingerprint density at radius 3 is 2.70 bits per heavy atom. The number of urea groups is 1. The largest absolute Gasteiger partial charge is 0.495 e. The number of hydrogen-bond acceptors (Lipinski definition) is 4. The molecular formula is C19H24N4O4. The van der Waals surface area contributed by atoms with Crippen molar-refractivity contribution < 1.29 is 19.1 Å². The molecule has 4 amide bonds. The lowest BCUT2D eigenvalue weighted by atomic mass is 9.96. The summed E-state index contributed by atoms with van der Waals surface area (Å²) in [6.45, 7) is 0.886. The Kier molecular flexibility index (Phi) is 4.63. The molecule has 0 radical (unpaired) electrons. The summed E-state index contributed by atoms with van der Waals surface area (Å²) in [6, 6.07) is 4.95. The average Bonchev–Trinajstić information content (AvgIpc) is 3.49. The lowest BCUT2D eigenvalue weighted by Gasteiger charge is -2.23. The molecule has 0 unspecified atom stereocenters. The minimum absolute atomic E-state index is 0.000417. The standard InChI is InChI=1S/C19H24N4O4/c1-27-16-7-3-11(17(24)20-13-5-6-13)8-15(16)22-19(26)23-9-12-2-4-14(10-23)21-18(12)25/h3,7-8,12-14H,2,4-6,9-10H2,1H3,(H,20,24)(H,21,25)(H,22,26)/t12-,14+/m1/s1. The van der Waals surface area contributed by atoms with E-state index in [4.69, 9.17) is 4.74 Å². The summed E-state index contributed by atoms with van der Waals surface area (Å²) in [5.74, 6) is 0.196. The maximum atomic E-state index is 12.8. The number of benzene rings is 1. The molecule has 4 aliphatic rings. The smallest absolute Gasteiger partial charge is 0.322 e. The second kappa shape index (κ2) is 7.09. The van der Waals surface area contributed by atoms with Crippen LogP contribution in [0.15, 0.2) is 18.2 Å². The zero-order valence-electron chi connectivity index (χ0n) is 15.3. The van der Waals surface area contributed by atoms with Gasteiger partial charge in [0.1, 0.15) is 5.75 Å². The molecule has 2 atom stereocenters. The summed E-state index contributed by atoms with van der Waals surface area (Å²) in [4.78, 5) is 38.7. The molecule has 3 N–H and O–H groups in total. The number of methoxy groups -OCH3 is 1. The normalized spacial score (nSPS) is 24.0. The van der Waals surface area contributed by atoms with Crippen LogP contribution >= 0.6 is 0 Å². The Bertz CT molecular complexity index is 777. The van der Waals surface area contributed by atoms with Crippen molar-refractivity contribution in [2.75, 3.05) is 25.5 Å². The van der Waals surface area contributed by atoms with Crippen LogP contribution in [0.25, 0.3) is 0 Å². The van der Waals surface area contributed by atoms with Gasteiger partial charge in [0.15, 0.2) is 0 Å². The van der Waals surface area contributed by atoms with E-state index in [-0.39, 0.29) is 35.8 Å². The fraction of sp³-hybridized carbons (Fsp3) is 0.526. The molecule has 5 rings (SSSR count). The average molecular weight is 372 g/mol. The highest BCUT2D eigenvalue weighted by atomic mass is 16.5. The summed E-state index contributed by atoms with van der Waals surface area (Å²) < 4.78 is 5.33. The second-order valence-electron chi connectivity index (χ2n) is 7.48. The van der Waals surface area contributed by atoms with Gasteiger partial charge < -0.3 is 25.6 Å². The number of rotatable bonds is 4. The first kappa shape index (κ1) is 17.6. The number of anilines is 1. The maximum absolute atomic E-state index is 12.8. The first-order valence-corrected chi connectivity index (χ1v) is 9.38. The van der Waals surface area contributed by atoms with Crippen LogP contribution in [0.1, 0.15) is 36.0 Å². The Labute approximate surface area is 157 Å². The lowest BCUT2D eigenvalue weighted by molar-refractivity contribution is -0.126. The molecule has 2 bridgehead atoms. The predicted octanol–water partition coefficient (Wildman–Crippen LogP) is 1.33. The van der Waals surface area contributed by atoms with Crippen molar-refractivity contribution in [2.24, 2.45) is 5.92 Å². The molecule has 0 spiro atoms. The van der Waals surface area contributed by atoms with Crippen LogP contribution in [0.5, 0.6) is 5.75 Å². The van der Waals surface area contributed by atoms with Gasteiger partial charge in [0, 0.05) is 30.7 Å². The molecule has 8 nitrogen and oxygen atoms in total. The first-order chi connectivity index (χ1) is 13.0. The highest BCUT2D eigenvalue weighted by Crippen LogP contribution is 2.28. The van der Waals surface area contributed by atoms with E-state index in [9.17, 15) is 14.4 Å². The zero-order chi connectivity index (χ0) is 19.0. The third kappa shape index (κ3) is 3.84. The molecule has 4 fully saturated rings. The zero-order valence-corrected chi connectivity index (χ0v) is 15.3. The van der Waals surface area contributed by atoms with Crippen LogP contribution in [0.4, 0.5) is 10.5 Å². The SMILES string of the molecule is COc1ccc(C(=O)NC2CC2)cc1NC(=O)N1C[C@@H]2CC[C@H](C1)C(=O)N2. The van der Waals surface area contributed by atoms with Gasteiger partial charge in [-0.3, -0.25) is 9.59 Å². The summed E-state index contributed by atoms with van der Waals surface area (Å²) in [5, 5.41) is 8.75. The lowest BCUT2D eigenvalue weighted by Crippen LogP contribution is -2.44. The van der Waals surface area contributed by atoms with Crippen LogP contribution < -0.4 is 20.7 Å². The van der Waals surface area contributed by atoms with Crippen molar-refractivity contribution in [3.8, 4) is 5.75 Å². The molecule has 8 heteroatoms. The van der Waals surface area contributed by atoms with E-state index in [2.05, 4.69) is 16.0 Å². The number of fused-ring (bicyclic) bond motifs is 4. The van der Waals surface area contributed by atoms with Gasteiger partial charge in [0.25, 0.3) is 5.91 Å². The van der Waals surface area contributed by atoms with Gasteiger partial charge in [-0.25, -0.2) is 4.79 Å². The molecule has 1 saturated carbocycles. The van der Waals surface area contributed by atoms with Crippen molar-refractivity contribution in [3.05, 3.63) is 23.8 Å². The summed E-state index contributed by atoms with van der Waals surface area (Å²) in [5.41, 5.74) is 0.924. The Morgan fingerprint density at radius 2 is 2.00 bits per heavy atom. The van der Waals surface area contributed by atoms with Crippen LogP contribution in [0, 0.1) is 5.92 Å². The number of nitrogens with zero attached hydrogens (tertiary/aromatic N) is 1. The van der Waals surface area contributed by atoms with Gasteiger partial charge in [0.05, 0.1) is 18.7 Å². The highest BCUT2D eigenvalue weighted by molar-refractivity contribution is 5.98. The second-order valence-corrected chi connectivity index (χ2v) is 7.48. The molecule has 1 aromatic rings. The van der Waals surface area contributed by atoms with Crippen molar-refractivity contribution in [1.29, 1.82) is 0 Å². The monoisotopic (exact) mass is 372 g/mol. The Balaban J connectivity index is 1.49. The molecule has 27 heavy (non-hydrogen) atoms.